The van der Waals surface area contributed by atoms with Crippen LogP contribution in [0.5, 0.6) is 17.2 Å². The first-order valence-electron chi connectivity index (χ1n) is 8.46. The van der Waals surface area contributed by atoms with Crippen molar-refractivity contribution in [1.29, 1.82) is 0 Å². The van der Waals surface area contributed by atoms with E-state index in [4.69, 9.17) is 9.47 Å². The Hall–Kier alpha value is -3.88. The molecule has 2 aromatic carbocycles. The molecule has 0 amide bonds. The lowest BCUT2D eigenvalue weighted by Gasteiger charge is -2.09. The van der Waals surface area contributed by atoms with Crippen molar-refractivity contribution >= 4 is 34.2 Å². The first-order chi connectivity index (χ1) is 13.6. The molecular formula is C19H18N6O3. The van der Waals surface area contributed by atoms with E-state index in [1.807, 2.05) is 25.1 Å². The lowest BCUT2D eigenvalue weighted by Crippen LogP contribution is -1.99. The molecule has 0 aliphatic carbocycles. The normalized spacial score (nSPS) is 11.4. The number of phenolic OH excluding ortho intramolecular Hbond substituents is 1. The van der Waals surface area contributed by atoms with Crippen LogP contribution < -0.4 is 14.9 Å². The Kier molecular flexibility index (Phi) is 4.40. The molecule has 0 aliphatic rings. The molecule has 2 heterocycles. The van der Waals surface area contributed by atoms with Gasteiger partial charge in [-0.2, -0.15) is 10.1 Å². The van der Waals surface area contributed by atoms with Gasteiger partial charge < -0.3 is 19.6 Å². The molecule has 0 saturated carbocycles. The number of H-pyrrole nitrogens is 1. The second-order valence-electron chi connectivity index (χ2n) is 6.15. The third-order valence-corrected chi connectivity index (χ3v) is 4.25. The number of aromatic amines is 1. The van der Waals surface area contributed by atoms with Gasteiger partial charge in [-0.1, -0.05) is 11.6 Å². The van der Waals surface area contributed by atoms with Crippen LogP contribution in [0, 0.1) is 6.92 Å². The highest BCUT2D eigenvalue weighted by atomic mass is 16.5. The zero-order valence-electron chi connectivity index (χ0n) is 15.5. The van der Waals surface area contributed by atoms with Crippen LogP contribution in [-0.4, -0.2) is 45.7 Å². The summed E-state index contributed by atoms with van der Waals surface area (Å²) < 4.78 is 10.3. The molecule has 0 unspecified atom stereocenters. The van der Waals surface area contributed by atoms with E-state index in [1.165, 1.54) is 20.4 Å². The number of rotatable bonds is 5. The number of hydrogen-bond donors (Lipinski definition) is 3. The van der Waals surface area contributed by atoms with E-state index < -0.39 is 0 Å². The summed E-state index contributed by atoms with van der Waals surface area (Å²) in [4.78, 5) is 7.64. The van der Waals surface area contributed by atoms with Crippen molar-refractivity contribution < 1.29 is 14.6 Å². The van der Waals surface area contributed by atoms with Gasteiger partial charge in [0, 0.05) is 16.5 Å². The average Bonchev–Trinajstić information content (AvgIpc) is 3.06. The maximum atomic E-state index is 9.95. The van der Waals surface area contributed by atoms with Gasteiger partial charge in [0.05, 0.1) is 20.4 Å². The predicted molar refractivity (Wildman–Crippen MR) is 106 cm³/mol. The van der Waals surface area contributed by atoms with Gasteiger partial charge in [0.1, 0.15) is 5.52 Å². The van der Waals surface area contributed by atoms with Gasteiger partial charge in [-0.05, 0) is 31.2 Å². The van der Waals surface area contributed by atoms with Crippen molar-refractivity contribution in [3.8, 4) is 17.2 Å². The molecular weight excluding hydrogens is 360 g/mol. The standard InChI is InChI=1S/C19H18N6O3/c1-10-4-5-13-12(6-10)16-18(21-13)22-19(25-23-16)24-20-9-11-7-14(27-2)17(26)15(8-11)28-3/h4-9,26H,1-3H3,(H2,21,22,24,25)/b20-9-. The first kappa shape index (κ1) is 17.5. The number of anilines is 1. The Morgan fingerprint density at radius 3 is 2.57 bits per heavy atom. The maximum Gasteiger partial charge on any atom is 0.265 e. The molecule has 28 heavy (non-hydrogen) atoms. The number of hydrazone groups is 1. The molecule has 9 heteroatoms. The van der Waals surface area contributed by atoms with Crippen molar-refractivity contribution in [2.45, 2.75) is 6.92 Å². The van der Waals surface area contributed by atoms with Crippen LogP contribution >= 0.6 is 0 Å². The minimum atomic E-state index is -0.0675. The SMILES string of the molecule is COc1cc(/C=N\Nc2nnc3c(n2)[nH]c2ccc(C)cc23)cc(OC)c1O. The van der Waals surface area contributed by atoms with Gasteiger partial charge in [-0.25, -0.2) is 5.43 Å². The van der Waals surface area contributed by atoms with Crippen LogP contribution in [0.4, 0.5) is 5.95 Å². The fourth-order valence-electron chi connectivity index (χ4n) is 2.89. The highest BCUT2D eigenvalue weighted by molar-refractivity contribution is 6.03. The van der Waals surface area contributed by atoms with Gasteiger partial charge in [-0.15, -0.1) is 10.2 Å². The van der Waals surface area contributed by atoms with Crippen LogP contribution in [0.1, 0.15) is 11.1 Å². The highest BCUT2D eigenvalue weighted by Gasteiger charge is 2.11. The summed E-state index contributed by atoms with van der Waals surface area (Å²) in [6.07, 6.45) is 1.53. The van der Waals surface area contributed by atoms with Crippen LogP contribution in [0.2, 0.25) is 0 Å². The number of aryl methyl sites for hydroxylation is 1. The number of ether oxygens (including phenoxy) is 2. The minimum Gasteiger partial charge on any atom is -0.502 e. The number of hydrogen-bond acceptors (Lipinski definition) is 8. The van der Waals surface area contributed by atoms with Crippen LogP contribution in [0.3, 0.4) is 0 Å². The molecule has 9 nitrogen and oxygen atoms in total. The van der Waals surface area contributed by atoms with Gasteiger partial charge >= 0.3 is 0 Å². The number of methoxy groups -OCH3 is 2. The second kappa shape index (κ2) is 7.03. The Morgan fingerprint density at radius 2 is 1.86 bits per heavy atom. The number of aromatic nitrogens is 4. The lowest BCUT2D eigenvalue weighted by atomic mass is 10.2. The number of nitrogens with one attached hydrogen (secondary N) is 2. The molecule has 0 spiro atoms. The van der Waals surface area contributed by atoms with Crippen molar-refractivity contribution in [3.63, 3.8) is 0 Å². The number of nitrogens with zero attached hydrogens (tertiary/aromatic N) is 4. The number of benzene rings is 2. The molecule has 0 atom stereocenters. The Bertz CT molecular complexity index is 1180. The smallest absolute Gasteiger partial charge is 0.265 e. The quantitative estimate of drug-likeness (QED) is 0.361. The van der Waals surface area contributed by atoms with Crippen LogP contribution in [0.25, 0.3) is 22.1 Å². The van der Waals surface area contributed by atoms with E-state index in [1.54, 1.807) is 12.1 Å². The van der Waals surface area contributed by atoms with Crippen molar-refractivity contribution in [2.24, 2.45) is 5.10 Å². The molecule has 4 aromatic rings. The lowest BCUT2D eigenvalue weighted by molar-refractivity contribution is 0.340. The third-order valence-electron chi connectivity index (χ3n) is 4.25. The largest absolute Gasteiger partial charge is 0.502 e. The van der Waals surface area contributed by atoms with Crippen molar-refractivity contribution in [2.75, 3.05) is 19.6 Å². The zero-order valence-corrected chi connectivity index (χ0v) is 15.5. The Labute approximate surface area is 160 Å². The van der Waals surface area contributed by atoms with E-state index in [2.05, 4.69) is 30.7 Å². The van der Waals surface area contributed by atoms with Crippen LogP contribution in [0.15, 0.2) is 35.4 Å². The topological polar surface area (TPSA) is 118 Å². The van der Waals surface area contributed by atoms with Gasteiger partial charge in [0.2, 0.25) is 5.75 Å². The van der Waals surface area contributed by atoms with Gasteiger partial charge in [0.25, 0.3) is 5.95 Å². The second-order valence-corrected chi connectivity index (χ2v) is 6.15. The van der Waals surface area contributed by atoms with E-state index in [0.29, 0.717) is 16.7 Å². The zero-order chi connectivity index (χ0) is 19.7. The molecule has 3 N–H and O–H groups in total. The number of aromatic hydroxyl groups is 1. The summed E-state index contributed by atoms with van der Waals surface area (Å²) >= 11 is 0. The molecule has 2 aromatic heterocycles. The molecule has 0 bridgehead atoms. The predicted octanol–water partition coefficient (Wildman–Crippen LogP) is 2.98. The number of fused-ring (bicyclic) bond motifs is 3. The first-order valence-corrected chi connectivity index (χ1v) is 8.46. The van der Waals surface area contributed by atoms with E-state index in [0.717, 1.165) is 16.5 Å². The van der Waals surface area contributed by atoms with Gasteiger partial charge in [0.15, 0.2) is 17.1 Å². The van der Waals surface area contributed by atoms with E-state index in [9.17, 15) is 5.11 Å². The summed E-state index contributed by atoms with van der Waals surface area (Å²) in [6, 6.07) is 9.32. The van der Waals surface area contributed by atoms with E-state index >= 15 is 0 Å². The molecule has 0 saturated heterocycles. The van der Waals surface area contributed by atoms with Crippen LogP contribution in [-0.2, 0) is 0 Å². The van der Waals surface area contributed by atoms with Crippen molar-refractivity contribution in [1.82, 2.24) is 20.2 Å². The Balaban J connectivity index is 1.59. The maximum absolute atomic E-state index is 9.95. The molecule has 142 valence electrons. The van der Waals surface area contributed by atoms with Gasteiger partial charge in [-0.3, -0.25) is 0 Å². The summed E-state index contributed by atoms with van der Waals surface area (Å²) in [5, 5.41) is 23.4. The third kappa shape index (κ3) is 3.13. The highest BCUT2D eigenvalue weighted by Crippen LogP contribution is 2.36. The monoisotopic (exact) mass is 378 g/mol. The molecule has 0 fully saturated rings. The summed E-state index contributed by atoms with van der Waals surface area (Å²) in [5.41, 5.74) is 6.84. The minimum absolute atomic E-state index is 0.0675. The summed E-state index contributed by atoms with van der Waals surface area (Å²) in [6.45, 7) is 2.02. The fraction of sp³-hybridized carbons (Fsp3) is 0.158. The molecule has 0 radical (unpaired) electrons. The summed E-state index contributed by atoms with van der Waals surface area (Å²) in [7, 11) is 2.93. The summed E-state index contributed by atoms with van der Waals surface area (Å²) in [5.74, 6) is 0.758. The van der Waals surface area contributed by atoms with E-state index in [-0.39, 0.29) is 23.2 Å². The van der Waals surface area contributed by atoms with Crippen molar-refractivity contribution in [3.05, 3.63) is 41.5 Å². The fourth-order valence-corrected chi connectivity index (χ4v) is 2.89. The molecule has 0 aliphatic heterocycles. The molecule has 4 rings (SSSR count). The number of phenols is 1. The Morgan fingerprint density at radius 1 is 1.11 bits per heavy atom. The average molecular weight is 378 g/mol.